The zero-order valence-electron chi connectivity index (χ0n) is 13.4. The van der Waals surface area contributed by atoms with E-state index in [1.807, 2.05) is 32.0 Å². The third kappa shape index (κ3) is 3.35. The van der Waals surface area contributed by atoms with Gasteiger partial charge in [0.05, 0.1) is 25.5 Å². The smallest absolute Gasteiger partial charge is 0.126 e. The van der Waals surface area contributed by atoms with E-state index in [-0.39, 0.29) is 12.6 Å². The number of hydrogen-bond acceptors (Lipinski definition) is 5. The van der Waals surface area contributed by atoms with Crippen LogP contribution in [0, 0.1) is 0 Å². The summed E-state index contributed by atoms with van der Waals surface area (Å²) in [6.45, 7) is 5.28. The Morgan fingerprint density at radius 1 is 1.30 bits per heavy atom. The Morgan fingerprint density at radius 2 is 2.17 bits per heavy atom. The number of aromatic nitrogens is 1. The fourth-order valence-electron chi connectivity index (χ4n) is 2.62. The molecule has 1 atom stereocenters. The number of ether oxygens (including phenoxy) is 1. The first kappa shape index (κ1) is 15.5. The second-order valence-corrected chi connectivity index (χ2v) is 5.57. The minimum absolute atomic E-state index is 0.0416. The van der Waals surface area contributed by atoms with E-state index in [2.05, 4.69) is 27.4 Å². The summed E-state index contributed by atoms with van der Waals surface area (Å²) in [5, 5.41) is 12.3. The van der Waals surface area contributed by atoms with Crippen molar-refractivity contribution in [1.82, 2.24) is 4.98 Å². The van der Waals surface area contributed by atoms with Gasteiger partial charge in [0, 0.05) is 23.4 Å². The van der Waals surface area contributed by atoms with Crippen LogP contribution in [-0.4, -0.2) is 35.1 Å². The summed E-state index contributed by atoms with van der Waals surface area (Å²) < 4.78 is 5.60. The van der Waals surface area contributed by atoms with Crippen LogP contribution in [0.3, 0.4) is 0 Å². The monoisotopic (exact) mass is 311 g/mol. The van der Waals surface area contributed by atoms with E-state index in [9.17, 15) is 0 Å². The zero-order valence-corrected chi connectivity index (χ0v) is 13.4. The van der Waals surface area contributed by atoms with E-state index in [0.717, 1.165) is 28.4 Å². The molecule has 5 heteroatoms. The first-order valence-electron chi connectivity index (χ1n) is 7.85. The molecule has 5 nitrogen and oxygen atoms in total. The molecule has 0 saturated heterocycles. The van der Waals surface area contributed by atoms with Crippen LogP contribution in [0.2, 0.25) is 0 Å². The molecule has 1 aromatic carbocycles. The number of pyridine rings is 1. The van der Waals surface area contributed by atoms with Crippen LogP contribution in [0.15, 0.2) is 41.5 Å². The number of nitrogens with zero attached hydrogens (tertiary/aromatic N) is 2. The largest absolute Gasteiger partial charge is 0.494 e. The SMILES string of the molecule is CCOc1ccc2c(c1)C(c1ccnc(N[C@H](C)CO)c1)=NC2. The molecule has 1 aliphatic heterocycles. The molecule has 2 aromatic rings. The van der Waals surface area contributed by atoms with E-state index in [4.69, 9.17) is 9.84 Å². The van der Waals surface area contributed by atoms with Gasteiger partial charge in [0.2, 0.25) is 0 Å². The second-order valence-electron chi connectivity index (χ2n) is 5.57. The Hall–Kier alpha value is -2.40. The van der Waals surface area contributed by atoms with Crippen LogP contribution in [-0.2, 0) is 6.54 Å². The summed E-state index contributed by atoms with van der Waals surface area (Å²) in [5.41, 5.74) is 4.30. The lowest BCUT2D eigenvalue weighted by Crippen LogP contribution is -2.20. The van der Waals surface area contributed by atoms with Gasteiger partial charge >= 0.3 is 0 Å². The van der Waals surface area contributed by atoms with Crippen molar-refractivity contribution in [1.29, 1.82) is 0 Å². The van der Waals surface area contributed by atoms with Crippen LogP contribution in [0.4, 0.5) is 5.82 Å². The molecule has 0 aliphatic carbocycles. The average molecular weight is 311 g/mol. The highest BCUT2D eigenvalue weighted by Crippen LogP contribution is 2.27. The van der Waals surface area contributed by atoms with Gasteiger partial charge < -0.3 is 15.2 Å². The maximum atomic E-state index is 9.16. The number of aliphatic imine (C=N–C) groups is 1. The number of nitrogens with one attached hydrogen (secondary N) is 1. The number of aliphatic hydroxyl groups excluding tert-OH is 1. The summed E-state index contributed by atoms with van der Waals surface area (Å²) in [4.78, 5) is 8.97. The maximum absolute atomic E-state index is 9.16. The third-order valence-corrected chi connectivity index (χ3v) is 3.76. The fraction of sp³-hybridized carbons (Fsp3) is 0.333. The molecule has 120 valence electrons. The molecular formula is C18H21N3O2. The van der Waals surface area contributed by atoms with Crippen LogP contribution >= 0.6 is 0 Å². The average Bonchev–Trinajstić information content (AvgIpc) is 2.98. The number of benzene rings is 1. The van der Waals surface area contributed by atoms with Crippen molar-refractivity contribution in [3.8, 4) is 5.75 Å². The van der Waals surface area contributed by atoms with Crippen molar-refractivity contribution in [2.45, 2.75) is 26.4 Å². The molecule has 0 bridgehead atoms. The predicted octanol–water partition coefficient (Wildman–Crippen LogP) is 2.62. The van der Waals surface area contributed by atoms with Gasteiger partial charge in [-0.3, -0.25) is 4.99 Å². The molecule has 1 aliphatic rings. The van der Waals surface area contributed by atoms with Gasteiger partial charge in [-0.25, -0.2) is 4.98 Å². The van der Waals surface area contributed by atoms with Crippen molar-refractivity contribution in [2.75, 3.05) is 18.5 Å². The zero-order chi connectivity index (χ0) is 16.2. The van der Waals surface area contributed by atoms with E-state index >= 15 is 0 Å². The minimum Gasteiger partial charge on any atom is -0.494 e. The first-order valence-corrected chi connectivity index (χ1v) is 7.85. The molecule has 3 rings (SSSR count). The van der Waals surface area contributed by atoms with Crippen LogP contribution < -0.4 is 10.1 Å². The van der Waals surface area contributed by atoms with Crippen LogP contribution in [0.25, 0.3) is 0 Å². The third-order valence-electron chi connectivity index (χ3n) is 3.76. The Morgan fingerprint density at radius 3 is 2.96 bits per heavy atom. The van der Waals surface area contributed by atoms with Crippen molar-refractivity contribution in [2.24, 2.45) is 4.99 Å². The Labute approximate surface area is 136 Å². The number of aliphatic hydroxyl groups is 1. The molecule has 23 heavy (non-hydrogen) atoms. The van der Waals surface area contributed by atoms with Crippen molar-refractivity contribution in [3.05, 3.63) is 53.2 Å². The highest BCUT2D eigenvalue weighted by atomic mass is 16.5. The van der Waals surface area contributed by atoms with Gasteiger partial charge in [0.1, 0.15) is 11.6 Å². The lowest BCUT2D eigenvalue weighted by atomic mass is 10.0. The Balaban J connectivity index is 1.90. The summed E-state index contributed by atoms with van der Waals surface area (Å²) >= 11 is 0. The molecule has 2 heterocycles. The Bertz CT molecular complexity index is 728. The van der Waals surface area contributed by atoms with Crippen molar-refractivity contribution in [3.63, 3.8) is 0 Å². The van der Waals surface area contributed by atoms with Crippen LogP contribution in [0.5, 0.6) is 5.75 Å². The standard InChI is InChI=1S/C18H21N3O2/c1-3-23-15-5-4-14-10-20-18(16(14)9-15)13-6-7-19-17(8-13)21-12(2)11-22/h4-9,12,22H,3,10-11H2,1-2H3,(H,19,21)/t12-/m1/s1. The van der Waals surface area contributed by atoms with Crippen molar-refractivity contribution < 1.29 is 9.84 Å². The maximum Gasteiger partial charge on any atom is 0.126 e. The summed E-state index contributed by atoms with van der Waals surface area (Å²) in [5.74, 6) is 1.60. The highest BCUT2D eigenvalue weighted by Gasteiger charge is 2.19. The molecule has 2 N–H and O–H groups in total. The van der Waals surface area contributed by atoms with Gasteiger partial charge in [-0.1, -0.05) is 6.07 Å². The molecular weight excluding hydrogens is 290 g/mol. The minimum atomic E-state index is -0.0416. The van der Waals surface area contributed by atoms with Gasteiger partial charge in [0.25, 0.3) is 0 Å². The Kier molecular flexibility index (Phi) is 4.57. The summed E-state index contributed by atoms with van der Waals surface area (Å²) in [7, 11) is 0. The molecule has 0 amide bonds. The second kappa shape index (κ2) is 6.79. The molecule has 0 fully saturated rings. The molecule has 0 radical (unpaired) electrons. The fourth-order valence-corrected chi connectivity index (χ4v) is 2.62. The quantitative estimate of drug-likeness (QED) is 0.860. The number of anilines is 1. The predicted molar refractivity (Wildman–Crippen MR) is 91.4 cm³/mol. The van der Waals surface area contributed by atoms with E-state index in [0.29, 0.717) is 13.2 Å². The lowest BCUT2D eigenvalue weighted by molar-refractivity contribution is 0.281. The lowest BCUT2D eigenvalue weighted by Gasteiger charge is -2.13. The molecule has 1 aromatic heterocycles. The molecule has 0 saturated carbocycles. The van der Waals surface area contributed by atoms with Crippen LogP contribution in [0.1, 0.15) is 30.5 Å². The number of hydrogen-bond donors (Lipinski definition) is 2. The van der Waals surface area contributed by atoms with Gasteiger partial charge in [-0.15, -0.1) is 0 Å². The normalized spacial score (nSPS) is 14.1. The number of rotatable bonds is 6. The van der Waals surface area contributed by atoms with Gasteiger partial charge in [-0.2, -0.15) is 0 Å². The number of fused-ring (bicyclic) bond motifs is 1. The summed E-state index contributed by atoms with van der Waals surface area (Å²) in [6.07, 6.45) is 1.76. The molecule has 0 unspecified atom stereocenters. The topological polar surface area (TPSA) is 66.7 Å². The van der Waals surface area contributed by atoms with E-state index < -0.39 is 0 Å². The van der Waals surface area contributed by atoms with Gasteiger partial charge in [0.15, 0.2) is 0 Å². The highest BCUT2D eigenvalue weighted by molar-refractivity contribution is 6.15. The van der Waals surface area contributed by atoms with E-state index in [1.54, 1.807) is 6.20 Å². The molecule has 0 spiro atoms. The van der Waals surface area contributed by atoms with Crippen molar-refractivity contribution >= 4 is 11.5 Å². The summed E-state index contributed by atoms with van der Waals surface area (Å²) in [6, 6.07) is 9.99. The van der Waals surface area contributed by atoms with Gasteiger partial charge in [-0.05, 0) is 43.7 Å². The first-order chi connectivity index (χ1) is 11.2. The van der Waals surface area contributed by atoms with E-state index in [1.165, 1.54) is 5.56 Å².